The van der Waals surface area contributed by atoms with Gasteiger partial charge in [0.15, 0.2) is 0 Å². The summed E-state index contributed by atoms with van der Waals surface area (Å²) in [5, 5.41) is 6.43. The fraction of sp³-hybridized carbons (Fsp3) is 0.292. The zero-order valence-electron chi connectivity index (χ0n) is 19.6. The Kier molecular flexibility index (Phi) is 8.43. The van der Waals surface area contributed by atoms with Crippen molar-refractivity contribution in [3.05, 3.63) is 46.7 Å². The number of Topliss-reactive ketones (excluding diaryl/α,β-unsaturated/α-hetero) is 2. The van der Waals surface area contributed by atoms with Gasteiger partial charge in [-0.05, 0) is 30.5 Å². The molecule has 1 aromatic heterocycles. The molecule has 2 atom stereocenters. The lowest BCUT2D eigenvalue weighted by Crippen LogP contribution is -2.55. The van der Waals surface area contributed by atoms with E-state index in [0.717, 1.165) is 16.2 Å². The van der Waals surface area contributed by atoms with Crippen LogP contribution in [-0.2, 0) is 28.8 Å². The summed E-state index contributed by atoms with van der Waals surface area (Å²) in [6, 6.07) is 7.04. The Hall–Kier alpha value is -4.19. The summed E-state index contributed by atoms with van der Waals surface area (Å²) in [5.41, 5.74) is 0.548. The number of carbonyl (C=O) groups excluding carboxylic acids is 7. The molecule has 12 heteroatoms. The van der Waals surface area contributed by atoms with Crippen LogP contribution in [0.5, 0.6) is 0 Å². The van der Waals surface area contributed by atoms with Crippen molar-refractivity contribution in [2.45, 2.75) is 32.4 Å². The first-order valence-electron chi connectivity index (χ1n) is 10.9. The van der Waals surface area contributed by atoms with Crippen LogP contribution >= 0.6 is 11.3 Å². The van der Waals surface area contributed by atoms with Gasteiger partial charge in [-0.25, -0.2) is 0 Å². The topological polar surface area (TPSA) is 150 Å². The Labute approximate surface area is 210 Å². The minimum atomic E-state index is -1.34. The average molecular weight is 513 g/mol. The lowest BCUT2D eigenvalue weighted by Gasteiger charge is -2.25. The molecule has 188 valence electrons. The zero-order valence-corrected chi connectivity index (χ0v) is 20.4. The molecule has 3 rings (SSSR count). The van der Waals surface area contributed by atoms with E-state index in [-0.39, 0.29) is 29.3 Å². The second kappa shape index (κ2) is 11.5. The van der Waals surface area contributed by atoms with Crippen molar-refractivity contribution in [2.75, 3.05) is 22.9 Å². The normalized spacial score (nSPS) is 15.8. The third-order valence-corrected chi connectivity index (χ3v) is 6.22. The molecule has 0 aliphatic carbocycles. The highest BCUT2D eigenvalue weighted by molar-refractivity contribution is 7.13. The van der Waals surface area contributed by atoms with Crippen LogP contribution in [-0.4, -0.2) is 66.7 Å². The van der Waals surface area contributed by atoms with Crippen molar-refractivity contribution in [1.29, 1.82) is 0 Å². The molecule has 0 spiro atoms. The number of hydrogen-bond donors (Lipinski definition) is 2. The molecule has 0 bridgehead atoms. The second-order valence-electron chi connectivity index (χ2n) is 8.09. The van der Waals surface area contributed by atoms with Crippen LogP contribution in [0.4, 0.5) is 11.4 Å². The van der Waals surface area contributed by atoms with E-state index in [1.54, 1.807) is 29.6 Å². The minimum absolute atomic E-state index is 0.182. The summed E-state index contributed by atoms with van der Waals surface area (Å²) in [6.45, 7) is 1.73. The van der Waals surface area contributed by atoms with Crippen LogP contribution in [0.2, 0.25) is 0 Å². The molecule has 2 N–H and O–H groups in total. The molecule has 0 saturated carbocycles. The van der Waals surface area contributed by atoms with Gasteiger partial charge in [0.1, 0.15) is 24.7 Å². The molecule has 1 aliphatic rings. The SMILES string of the molecule is CC(=O)C[C@@H](C=O)NC(=O)CN1C(=O)[C@@H](NC(=O)C(=O)c2cccs2)CN(C(C)=O)c2ccccc21. The van der Waals surface area contributed by atoms with E-state index in [1.807, 2.05) is 0 Å². The summed E-state index contributed by atoms with van der Waals surface area (Å²) in [4.78, 5) is 89.0. The van der Waals surface area contributed by atoms with E-state index in [1.165, 1.54) is 30.9 Å². The molecule has 2 heterocycles. The number of hydrogen-bond acceptors (Lipinski definition) is 8. The smallest absolute Gasteiger partial charge is 0.293 e. The number of anilines is 2. The van der Waals surface area contributed by atoms with E-state index in [4.69, 9.17) is 0 Å². The van der Waals surface area contributed by atoms with E-state index in [0.29, 0.717) is 12.0 Å². The first-order valence-corrected chi connectivity index (χ1v) is 11.8. The van der Waals surface area contributed by atoms with Gasteiger partial charge in [-0.1, -0.05) is 18.2 Å². The van der Waals surface area contributed by atoms with Gasteiger partial charge >= 0.3 is 0 Å². The number of thiophene rings is 1. The molecular formula is C24H24N4O7S. The number of rotatable bonds is 9. The number of nitrogens with zero attached hydrogens (tertiary/aromatic N) is 2. The van der Waals surface area contributed by atoms with Crippen LogP contribution < -0.4 is 20.4 Å². The highest BCUT2D eigenvalue weighted by Crippen LogP contribution is 2.32. The maximum Gasteiger partial charge on any atom is 0.293 e. The van der Waals surface area contributed by atoms with E-state index in [2.05, 4.69) is 10.6 Å². The Morgan fingerprint density at radius 1 is 1.08 bits per heavy atom. The lowest BCUT2D eigenvalue weighted by atomic mass is 10.1. The predicted molar refractivity (Wildman–Crippen MR) is 131 cm³/mol. The predicted octanol–water partition coefficient (Wildman–Crippen LogP) is 0.478. The van der Waals surface area contributed by atoms with Crippen molar-refractivity contribution in [1.82, 2.24) is 10.6 Å². The number of benzene rings is 1. The molecule has 0 fully saturated rings. The first kappa shape index (κ1) is 26.4. The molecule has 1 aliphatic heterocycles. The molecule has 0 radical (unpaired) electrons. The number of amides is 4. The Bertz CT molecular complexity index is 1210. The summed E-state index contributed by atoms with van der Waals surface area (Å²) in [5.74, 6) is -4.06. The third kappa shape index (κ3) is 6.08. The number of nitrogens with one attached hydrogen (secondary N) is 2. The molecule has 2 aromatic rings. The average Bonchev–Trinajstić information content (AvgIpc) is 3.35. The standard InChI is InChI=1S/C24H24N4O7S/c1-14(30)10-16(13-29)25-21(32)12-28-19-7-4-3-6-18(19)27(15(2)31)11-17(24(28)35)26-23(34)22(33)20-8-5-9-36-20/h3-9,13,16-17H,10-12H2,1-2H3,(H,25,32)(H,26,34)/t16-,17-/m0/s1. The van der Waals surface area contributed by atoms with Gasteiger partial charge in [-0.2, -0.15) is 0 Å². The molecule has 36 heavy (non-hydrogen) atoms. The Morgan fingerprint density at radius 3 is 2.36 bits per heavy atom. The van der Waals surface area contributed by atoms with Gasteiger partial charge in [0.05, 0.1) is 28.8 Å². The van der Waals surface area contributed by atoms with Gasteiger partial charge in [0.25, 0.3) is 17.6 Å². The first-order chi connectivity index (χ1) is 17.1. The van der Waals surface area contributed by atoms with Crippen molar-refractivity contribution >= 4 is 64.2 Å². The van der Waals surface area contributed by atoms with Gasteiger partial charge in [0, 0.05) is 13.3 Å². The van der Waals surface area contributed by atoms with Gasteiger partial charge in [-0.15, -0.1) is 11.3 Å². The van der Waals surface area contributed by atoms with Gasteiger partial charge in [-0.3, -0.25) is 33.7 Å². The molecule has 11 nitrogen and oxygen atoms in total. The summed E-state index contributed by atoms with van der Waals surface area (Å²) in [6.07, 6.45) is 0.218. The molecule has 0 unspecified atom stereocenters. The number of carbonyl (C=O) groups is 7. The molecular weight excluding hydrogens is 488 g/mol. The summed E-state index contributed by atoms with van der Waals surface area (Å²) in [7, 11) is 0. The van der Waals surface area contributed by atoms with Crippen LogP contribution in [0.3, 0.4) is 0 Å². The Balaban J connectivity index is 1.92. The number of fused-ring (bicyclic) bond motifs is 1. The zero-order chi connectivity index (χ0) is 26.4. The third-order valence-electron chi connectivity index (χ3n) is 5.35. The van der Waals surface area contributed by atoms with Crippen LogP contribution in [0, 0.1) is 0 Å². The maximum absolute atomic E-state index is 13.6. The van der Waals surface area contributed by atoms with Gasteiger partial charge < -0.3 is 20.3 Å². The monoisotopic (exact) mass is 512 g/mol. The molecule has 1 aromatic carbocycles. The van der Waals surface area contributed by atoms with Crippen LogP contribution in [0.25, 0.3) is 0 Å². The number of ketones is 2. The Morgan fingerprint density at radius 2 is 1.78 bits per heavy atom. The summed E-state index contributed by atoms with van der Waals surface area (Å²) >= 11 is 1.07. The minimum Gasteiger partial charge on any atom is -0.345 e. The largest absolute Gasteiger partial charge is 0.345 e. The van der Waals surface area contributed by atoms with E-state index < -0.39 is 48.0 Å². The highest BCUT2D eigenvalue weighted by Gasteiger charge is 2.38. The van der Waals surface area contributed by atoms with Gasteiger partial charge in [0.2, 0.25) is 11.8 Å². The van der Waals surface area contributed by atoms with E-state index >= 15 is 0 Å². The van der Waals surface area contributed by atoms with E-state index in [9.17, 15) is 33.6 Å². The fourth-order valence-electron chi connectivity index (χ4n) is 3.74. The summed E-state index contributed by atoms with van der Waals surface area (Å²) < 4.78 is 0. The fourth-order valence-corrected chi connectivity index (χ4v) is 4.40. The van der Waals surface area contributed by atoms with Crippen molar-refractivity contribution in [3.63, 3.8) is 0 Å². The van der Waals surface area contributed by atoms with Crippen molar-refractivity contribution < 1.29 is 33.6 Å². The lowest BCUT2D eigenvalue weighted by molar-refractivity contribution is -0.128. The molecule has 4 amide bonds. The highest BCUT2D eigenvalue weighted by atomic mass is 32.1. The van der Waals surface area contributed by atoms with Crippen molar-refractivity contribution in [2.24, 2.45) is 0 Å². The molecule has 0 saturated heterocycles. The van der Waals surface area contributed by atoms with Crippen LogP contribution in [0.1, 0.15) is 29.9 Å². The van der Waals surface area contributed by atoms with Crippen molar-refractivity contribution in [3.8, 4) is 0 Å². The quantitative estimate of drug-likeness (QED) is 0.282. The van der Waals surface area contributed by atoms with Crippen LogP contribution in [0.15, 0.2) is 41.8 Å². The second-order valence-corrected chi connectivity index (χ2v) is 9.04. The number of aldehydes is 1. The number of para-hydroxylation sites is 2. The maximum atomic E-state index is 13.6.